The van der Waals surface area contributed by atoms with Crippen molar-refractivity contribution in [3.63, 3.8) is 0 Å². The second kappa shape index (κ2) is 7.06. The number of rotatable bonds is 6. The first-order valence-electron chi connectivity index (χ1n) is 7.74. The number of aliphatic hydroxyl groups excluding tert-OH is 1. The molecule has 2 heterocycles. The van der Waals surface area contributed by atoms with E-state index in [1.807, 2.05) is 36.1 Å². The molecule has 1 aliphatic heterocycles. The number of aromatic nitrogens is 2. The molecule has 0 bridgehead atoms. The van der Waals surface area contributed by atoms with Gasteiger partial charge in [-0.25, -0.2) is 4.39 Å². The van der Waals surface area contributed by atoms with Crippen molar-refractivity contribution in [2.24, 2.45) is 0 Å². The Bertz CT molecular complexity index is 632. The first-order valence-corrected chi connectivity index (χ1v) is 7.74. The number of hydrogen-bond donors (Lipinski definition) is 1. The quantitative estimate of drug-likeness (QED) is 0.878. The van der Waals surface area contributed by atoms with Gasteiger partial charge in [0, 0.05) is 18.2 Å². The van der Waals surface area contributed by atoms with Crippen LogP contribution < -0.4 is 4.74 Å². The number of hydrogen-bond acceptors (Lipinski definition) is 6. The van der Waals surface area contributed by atoms with Crippen LogP contribution in [0, 0.1) is 0 Å². The molecule has 2 aromatic rings. The second-order valence-electron chi connectivity index (χ2n) is 5.57. The van der Waals surface area contributed by atoms with Gasteiger partial charge in [0.1, 0.15) is 11.9 Å². The summed E-state index contributed by atoms with van der Waals surface area (Å²) in [6.45, 7) is 3.10. The molecule has 0 aliphatic carbocycles. The molecule has 23 heavy (non-hydrogen) atoms. The first kappa shape index (κ1) is 15.9. The van der Waals surface area contributed by atoms with Crippen molar-refractivity contribution in [3.05, 3.63) is 30.2 Å². The van der Waals surface area contributed by atoms with Crippen molar-refractivity contribution in [1.29, 1.82) is 0 Å². The van der Waals surface area contributed by atoms with Crippen LogP contribution >= 0.6 is 0 Å². The number of nitrogens with zero attached hydrogens (tertiary/aromatic N) is 3. The topological polar surface area (TPSA) is 71.6 Å². The Hall–Kier alpha value is -1.99. The second-order valence-corrected chi connectivity index (χ2v) is 5.57. The fourth-order valence-electron chi connectivity index (χ4n) is 2.78. The third-order valence-electron chi connectivity index (χ3n) is 3.92. The van der Waals surface area contributed by atoms with Crippen LogP contribution in [0.1, 0.15) is 19.2 Å². The largest absolute Gasteiger partial charge is 0.494 e. The molecule has 1 N–H and O–H groups in total. The molecule has 3 rings (SSSR count). The van der Waals surface area contributed by atoms with Crippen molar-refractivity contribution in [2.75, 3.05) is 19.8 Å². The van der Waals surface area contributed by atoms with Gasteiger partial charge in [0.05, 0.1) is 19.8 Å². The standard InChI is InChI=1S/C16H20FN3O3/c1-2-22-14-5-3-11(4-6-14)16-18-15(23-19-16)9-20-8-12(17)7-13(20)10-21/h3-6,12-13,21H,2,7-10H2,1H3/t12-,13-/m0/s1. The van der Waals surface area contributed by atoms with Gasteiger partial charge >= 0.3 is 0 Å². The number of alkyl halides is 1. The molecule has 0 unspecified atom stereocenters. The van der Waals surface area contributed by atoms with E-state index >= 15 is 0 Å². The van der Waals surface area contributed by atoms with Gasteiger partial charge in [-0.3, -0.25) is 4.90 Å². The van der Waals surface area contributed by atoms with Crippen LogP contribution in [0.15, 0.2) is 28.8 Å². The Morgan fingerprint density at radius 2 is 2.17 bits per heavy atom. The molecule has 0 saturated carbocycles. The van der Waals surface area contributed by atoms with Gasteiger partial charge in [-0.2, -0.15) is 4.98 Å². The highest BCUT2D eigenvalue weighted by molar-refractivity contribution is 5.55. The lowest BCUT2D eigenvalue weighted by Gasteiger charge is -2.19. The molecule has 0 radical (unpaired) electrons. The van der Waals surface area contributed by atoms with Crippen molar-refractivity contribution >= 4 is 0 Å². The zero-order valence-corrected chi connectivity index (χ0v) is 13.0. The molecule has 124 valence electrons. The molecule has 2 atom stereocenters. The van der Waals surface area contributed by atoms with Crippen LogP contribution in [0.25, 0.3) is 11.4 Å². The van der Waals surface area contributed by atoms with E-state index in [0.29, 0.717) is 31.3 Å². The third kappa shape index (κ3) is 3.68. The highest BCUT2D eigenvalue weighted by Gasteiger charge is 2.32. The van der Waals surface area contributed by atoms with E-state index in [-0.39, 0.29) is 19.2 Å². The summed E-state index contributed by atoms with van der Waals surface area (Å²) in [5.74, 6) is 1.69. The zero-order chi connectivity index (χ0) is 16.2. The maximum atomic E-state index is 13.5. The fourth-order valence-corrected chi connectivity index (χ4v) is 2.78. The molecule has 1 fully saturated rings. The highest BCUT2D eigenvalue weighted by Crippen LogP contribution is 2.24. The molecule has 0 amide bonds. The summed E-state index contributed by atoms with van der Waals surface area (Å²) >= 11 is 0. The van der Waals surface area contributed by atoms with E-state index in [1.165, 1.54) is 0 Å². The summed E-state index contributed by atoms with van der Waals surface area (Å²) in [5, 5.41) is 13.3. The predicted molar refractivity (Wildman–Crippen MR) is 81.7 cm³/mol. The molecule has 1 aromatic heterocycles. The van der Waals surface area contributed by atoms with E-state index in [2.05, 4.69) is 10.1 Å². The minimum atomic E-state index is -0.916. The lowest BCUT2D eigenvalue weighted by molar-refractivity contribution is 0.140. The number of halogens is 1. The van der Waals surface area contributed by atoms with Crippen LogP contribution in [0.4, 0.5) is 4.39 Å². The van der Waals surface area contributed by atoms with Gasteiger partial charge in [0.25, 0.3) is 0 Å². The van der Waals surface area contributed by atoms with Crippen LogP contribution in [-0.4, -0.2) is 52.1 Å². The summed E-state index contributed by atoms with van der Waals surface area (Å²) in [5.41, 5.74) is 0.826. The summed E-state index contributed by atoms with van der Waals surface area (Å²) < 4.78 is 24.1. The smallest absolute Gasteiger partial charge is 0.241 e. The maximum Gasteiger partial charge on any atom is 0.241 e. The fraction of sp³-hybridized carbons (Fsp3) is 0.500. The summed E-state index contributed by atoms with van der Waals surface area (Å²) in [4.78, 5) is 6.18. The van der Waals surface area contributed by atoms with E-state index in [4.69, 9.17) is 9.26 Å². The van der Waals surface area contributed by atoms with Gasteiger partial charge in [0.15, 0.2) is 0 Å². The Balaban J connectivity index is 1.68. The molecule has 0 spiro atoms. The van der Waals surface area contributed by atoms with Crippen molar-refractivity contribution in [2.45, 2.75) is 32.1 Å². The molecule has 1 saturated heterocycles. The van der Waals surface area contributed by atoms with Crippen LogP contribution in [-0.2, 0) is 6.54 Å². The minimum Gasteiger partial charge on any atom is -0.494 e. The minimum absolute atomic E-state index is 0.0691. The summed E-state index contributed by atoms with van der Waals surface area (Å²) in [7, 11) is 0. The molecular formula is C16H20FN3O3. The lowest BCUT2D eigenvalue weighted by Crippen LogP contribution is -2.31. The van der Waals surface area contributed by atoms with E-state index in [9.17, 15) is 9.50 Å². The number of likely N-dealkylation sites (tertiary alicyclic amines) is 1. The number of benzene rings is 1. The normalized spacial score (nSPS) is 21.7. The van der Waals surface area contributed by atoms with E-state index in [1.54, 1.807) is 0 Å². The van der Waals surface area contributed by atoms with Crippen LogP contribution in [0.2, 0.25) is 0 Å². The van der Waals surface area contributed by atoms with Gasteiger partial charge < -0.3 is 14.4 Å². The van der Waals surface area contributed by atoms with Gasteiger partial charge in [0.2, 0.25) is 11.7 Å². The third-order valence-corrected chi connectivity index (χ3v) is 3.92. The van der Waals surface area contributed by atoms with Crippen molar-refractivity contribution in [3.8, 4) is 17.1 Å². The highest BCUT2D eigenvalue weighted by atomic mass is 19.1. The van der Waals surface area contributed by atoms with Crippen LogP contribution in [0.3, 0.4) is 0 Å². The van der Waals surface area contributed by atoms with Crippen molar-refractivity contribution in [1.82, 2.24) is 15.0 Å². The first-order chi connectivity index (χ1) is 11.2. The average Bonchev–Trinajstić information content (AvgIpc) is 3.15. The van der Waals surface area contributed by atoms with Gasteiger partial charge in [-0.05, 0) is 37.6 Å². The average molecular weight is 321 g/mol. The SMILES string of the molecule is CCOc1ccc(-c2noc(CN3C[C@@H](F)C[C@H]3CO)n2)cc1. The number of ether oxygens (including phenoxy) is 1. The number of aliphatic hydroxyl groups is 1. The van der Waals surface area contributed by atoms with Crippen LogP contribution in [0.5, 0.6) is 5.75 Å². The van der Waals surface area contributed by atoms with Gasteiger partial charge in [-0.15, -0.1) is 0 Å². The molecule has 7 heteroatoms. The van der Waals surface area contributed by atoms with E-state index < -0.39 is 6.17 Å². The lowest BCUT2D eigenvalue weighted by atomic mass is 10.2. The predicted octanol–water partition coefficient (Wildman–Crippen LogP) is 2.04. The summed E-state index contributed by atoms with van der Waals surface area (Å²) in [6, 6.07) is 7.24. The monoisotopic (exact) mass is 321 g/mol. The Kier molecular flexibility index (Phi) is 4.88. The van der Waals surface area contributed by atoms with Crippen molar-refractivity contribution < 1.29 is 18.8 Å². The Morgan fingerprint density at radius 1 is 1.39 bits per heavy atom. The van der Waals surface area contributed by atoms with E-state index in [0.717, 1.165) is 11.3 Å². The zero-order valence-electron chi connectivity index (χ0n) is 13.0. The molecule has 1 aliphatic rings. The molecule has 6 nitrogen and oxygen atoms in total. The Morgan fingerprint density at radius 3 is 2.87 bits per heavy atom. The Labute approximate surface area is 133 Å². The maximum absolute atomic E-state index is 13.5. The molecular weight excluding hydrogens is 301 g/mol. The molecule has 1 aromatic carbocycles. The summed E-state index contributed by atoms with van der Waals surface area (Å²) in [6.07, 6.45) is -0.572. The van der Waals surface area contributed by atoms with Gasteiger partial charge in [-0.1, -0.05) is 5.16 Å².